The number of nitrogens with zero attached hydrogens (tertiary/aromatic N) is 3. The summed E-state index contributed by atoms with van der Waals surface area (Å²) in [5, 5.41) is 13.0. The molecule has 3 aromatic carbocycles. The largest absolute Gasteiger partial charge is 0.410 e. The minimum atomic E-state index is 0.515. The molecule has 1 aliphatic rings. The number of hydrogen-bond donors (Lipinski definition) is 1. The Labute approximate surface area is 138 Å². The van der Waals surface area contributed by atoms with Crippen LogP contribution in [0, 0.1) is 0 Å². The maximum Gasteiger partial charge on any atom is 0.168 e. The number of benzene rings is 3. The fraction of sp³-hybridized carbons (Fsp3) is 0. The Morgan fingerprint density at radius 3 is 2.46 bits per heavy atom. The lowest BCUT2D eigenvalue weighted by atomic mass is 10.0. The maximum absolute atomic E-state index is 9.51. The lowest BCUT2D eigenvalue weighted by Crippen LogP contribution is -2.00. The van der Waals surface area contributed by atoms with Crippen molar-refractivity contribution in [3.63, 3.8) is 0 Å². The lowest BCUT2D eigenvalue weighted by molar-refractivity contribution is 0.319. The standard InChI is InChI=1S/C20H13N3O/c24-22-19-15-11-10-14(13-6-2-1-3-7-13)12-18(15)23-17-9-5-4-8-16(17)21-20(19)23/h1-12,24H/b22-19-. The molecule has 0 bridgehead atoms. The van der Waals surface area contributed by atoms with Gasteiger partial charge in [0.25, 0.3) is 0 Å². The van der Waals surface area contributed by atoms with Gasteiger partial charge in [-0.1, -0.05) is 53.7 Å². The van der Waals surface area contributed by atoms with Crippen molar-refractivity contribution in [1.29, 1.82) is 0 Å². The van der Waals surface area contributed by atoms with Crippen LogP contribution in [0.15, 0.2) is 78.0 Å². The van der Waals surface area contributed by atoms with Crippen LogP contribution in [0.3, 0.4) is 0 Å². The molecule has 0 unspecified atom stereocenters. The average Bonchev–Trinajstić information content (AvgIpc) is 3.16. The zero-order chi connectivity index (χ0) is 16.1. The number of hydrogen-bond acceptors (Lipinski definition) is 3. The number of rotatable bonds is 1. The van der Waals surface area contributed by atoms with Gasteiger partial charge in [-0.25, -0.2) is 4.98 Å². The molecule has 2 heterocycles. The van der Waals surface area contributed by atoms with Crippen LogP contribution in [0.2, 0.25) is 0 Å². The summed E-state index contributed by atoms with van der Waals surface area (Å²) in [6.45, 7) is 0. The minimum Gasteiger partial charge on any atom is -0.410 e. The summed E-state index contributed by atoms with van der Waals surface area (Å²) in [7, 11) is 0. The van der Waals surface area contributed by atoms with Gasteiger partial charge in [0.2, 0.25) is 0 Å². The molecule has 0 aliphatic carbocycles. The number of para-hydroxylation sites is 2. The molecule has 114 valence electrons. The van der Waals surface area contributed by atoms with Crippen LogP contribution >= 0.6 is 0 Å². The van der Waals surface area contributed by atoms with Gasteiger partial charge in [-0.15, -0.1) is 0 Å². The second kappa shape index (κ2) is 4.80. The first kappa shape index (κ1) is 13.1. The Bertz CT molecular complexity index is 1110. The van der Waals surface area contributed by atoms with E-state index < -0.39 is 0 Å². The second-order valence-corrected chi connectivity index (χ2v) is 5.81. The van der Waals surface area contributed by atoms with Crippen LogP contribution in [0.5, 0.6) is 0 Å². The van der Waals surface area contributed by atoms with Gasteiger partial charge in [-0.05, 0) is 35.4 Å². The van der Waals surface area contributed by atoms with E-state index >= 15 is 0 Å². The number of imidazole rings is 1. The van der Waals surface area contributed by atoms with Gasteiger partial charge in [-0.2, -0.15) is 0 Å². The second-order valence-electron chi connectivity index (χ2n) is 5.81. The zero-order valence-electron chi connectivity index (χ0n) is 12.7. The van der Waals surface area contributed by atoms with Crippen molar-refractivity contribution in [3.05, 3.63) is 84.2 Å². The third-order valence-electron chi connectivity index (χ3n) is 4.47. The lowest BCUT2D eigenvalue weighted by Gasteiger charge is -2.07. The Morgan fingerprint density at radius 1 is 0.833 bits per heavy atom. The van der Waals surface area contributed by atoms with Crippen LogP contribution in [0.1, 0.15) is 11.4 Å². The van der Waals surface area contributed by atoms with Crippen LogP contribution in [-0.2, 0) is 0 Å². The molecule has 0 saturated carbocycles. The number of oxime groups is 1. The van der Waals surface area contributed by atoms with E-state index in [4.69, 9.17) is 0 Å². The van der Waals surface area contributed by atoms with Crippen molar-refractivity contribution >= 4 is 16.7 Å². The van der Waals surface area contributed by atoms with E-state index in [0.29, 0.717) is 11.5 Å². The van der Waals surface area contributed by atoms with E-state index in [2.05, 4.69) is 32.9 Å². The summed E-state index contributed by atoms with van der Waals surface area (Å²) in [4.78, 5) is 4.63. The van der Waals surface area contributed by atoms with Gasteiger partial charge in [0.05, 0.1) is 16.7 Å². The Kier molecular flexibility index (Phi) is 2.61. The molecule has 1 N–H and O–H groups in total. The SMILES string of the molecule is O/N=C1/c2ccc(-c3ccccc3)cc2-n2c1nc1ccccc12. The molecule has 1 aromatic heterocycles. The fourth-order valence-corrected chi connectivity index (χ4v) is 3.37. The van der Waals surface area contributed by atoms with Gasteiger partial charge < -0.3 is 5.21 Å². The molecule has 4 aromatic rings. The minimum absolute atomic E-state index is 0.515. The van der Waals surface area contributed by atoms with E-state index in [9.17, 15) is 5.21 Å². The Hall–Kier alpha value is -3.40. The molecule has 1 aliphatic heterocycles. The van der Waals surface area contributed by atoms with Gasteiger partial charge in [0.15, 0.2) is 11.5 Å². The number of aromatic nitrogens is 2. The summed E-state index contributed by atoms with van der Waals surface area (Å²) in [5.41, 5.74) is 6.58. The summed E-state index contributed by atoms with van der Waals surface area (Å²) in [5.74, 6) is 0.680. The van der Waals surface area contributed by atoms with E-state index in [0.717, 1.165) is 33.4 Å². The molecule has 5 rings (SSSR count). The van der Waals surface area contributed by atoms with Gasteiger partial charge in [0.1, 0.15) is 0 Å². The smallest absolute Gasteiger partial charge is 0.168 e. The molecule has 0 atom stereocenters. The molecule has 4 nitrogen and oxygen atoms in total. The molecule has 0 amide bonds. The highest BCUT2D eigenvalue weighted by Gasteiger charge is 2.29. The molecule has 0 radical (unpaired) electrons. The van der Waals surface area contributed by atoms with Crippen molar-refractivity contribution in [2.45, 2.75) is 0 Å². The molecule has 0 spiro atoms. The van der Waals surface area contributed by atoms with Gasteiger partial charge in [0, 0.05) is 5.56 Å². The van der Waals surface area contributed by atoms with Crippen molar-refractivity contribution in [2.75, 3.05) is 0 Å². The van der Waals surface area contributed by atoms with Crippen LogP contribution < -0.4 is 0 Å². The predicted molar refractivity (Wildman–Crippen MR) is 93.9 cm³/mol. The summed E-state index contributed by atoms with van der Waals surface area (Å²) >= 11 is 0. The molecule has 4 heteroatoms. The highest BCUT2D eigenvalue weighted by Crippen LogP contribution is 2.35. The normalized spacial score (nSPS) is 14.1. The van der Waals surface area contributed by atoms with E-state index in [1.165, 1.54) is 0 Å². The van der Waals surface area contributed by atoms with Crippen LogP contribution in [-0.4, -0.2) is 20.5 Å². The molecule has 0 fully saturated rings. The number of fused-ring (bicyclic) bond motifs is 5. The van der Waals surface area contributed by atoms with Gasteiger partial charge in [-0.3, -0.25) is 4.57 Å². The predicted octanol–water partition coefficient (Wildman–Crippen LogP) is 4.23. The van der Waals surface area contributed by atoms with Crippen molar-refractivity contribution in [3.8, 4) is 16.8 Å². The molecular weight excluding hydrogens is 298 g/mol. The fourth-order valence-electron chi connectivity index (χ4n) is 3.37. The summed E-state index contributed by atoms with van der Waals surface area (Å²) < 4.78 is 2.06. The van der Waals surface area contributed by atoms with Crippen molar-refractivity contribution < 1.29 is 5.21 Å². The van der Waals surface area contributed by atoms with E-state index in [1.54, 1.807) is 0 Å². The Balaban J connectivity index is 1.83. The Morgan fingerprint density at radius 2 is 1.62 bits per heavy atom. The summed E-state index contributed by atoms with van der Waals surface area (Å²) in [6.07, 6.45) is 0. The van der Waals surface area contributed by atoms with E-state index in [1.807, 2.05) is 54.6 Å². The highest BCUT2D eigenvalue weighted by atomic mass is 16.4. The average molecular weight is 311 g/mol. The van der Waals surface area contributed by atoms with Crippen molar-refractivity contribution in [2.24, 2.45) is 5.16 Å². The topological polar surface area (TPSA) is 50.4 Å². The maximum atomic E-state index is 9.51. The first-order chi connectivity index (χ1) is 11.9. The summed E-state index contributed by atoms with van der Waals surface area (Å²) in [6, 6.07) is 24.4. The van der Waals surface area contributed by atoms with Crippen LogP contribution in [0.25, 0.3) is 27.8 Å². The first-order valence-corrected chi connectivity index (χ1v) is 7.77. The molecular formula is C20H13N3O. The zero-order valence-corrected chi connectivity index (χ0v) is 12.7. The third-order valence-corrected chi connectivity index (χ3v) is 4.47. The monoisotopic (exact) mass is 311 g/mol. The molecule has 0 saturated heterocycles. The van der Waals surface area contributed by atoms with Crippen molar-refractivity contribution in [1.82, 2.24) is 9.55 Å². The van der Waals surface area contributed by atoms with Crippen LogP contribution in [0.4, 0.5) is 0 Å². The van der Waals surface area contributed by atoms with E-state index in [-0.39, 0.29) is 0 Å². The third kappa shape index (κ3) is 1.68. The molecule has 24 heavy (non-hydrogen) atoms. The first-order valence-electron chi connectivity index (χ1n) is 7.77. The highest BCUT2D eigenvalue weighted by molar-refractivity contribution is 6.18. The quantitative estimate of drug-likeness (QED) is 0.372. The van der Waals surface area contributed by atoms with Gasteiger partial charge >= 0.3 is 0 Å².